The van der Waals surface area contributed by atoms with Gasteiger partial charge in [-0.3, -0.25) is 9.69 Å². The van der Waals surface area contributed by atoms with E-state index in [1.54, 1.807) is 7.05 Å². The second kappa shape index (κ2) is 14.9. The van der Waals surface area contributed by atoms with Crippen LogP contribution in [0.2, 0.25) is 0 Å². The minimum Gasteiger partial charge on any atom is -0.464 e. The molecule has 2 unspecified atom stereocenters. The topological polar surface area (TPSA) is 76.2 Å². The van der Waals surface area contributed by atoms with Crippen molar-refractivity contribution in [1.29, 1.82) is 0 Å². The zero-order valence-electron chi connectivity index (χ0n) is 20.0. The molecule has 2 atom stereocenters. The fourth-order valence-corrected chi connectivity index (χ4v) is 3.53. The first-order valence-electron chi connectivity index (χ1n) is 11.1. The molecule has 0 bridgehead atoms. The highest BCUT2D eigenvalue weighted by molar-refractivity contribution is 5.89. The van der Waals surface area contributed by atoms with Crippen LogP contribution >= 0.6 is 0 Å². The lowest BCUT2D eigenvalue weighted by Crippen LogP contribution is -2.56. The zero-order chi connectivity index (χ0) is 23.3. The maximum atomic E-state index is 13.2. The molecule has 0 aliphatic heterocycles. The summed E-state index contributed by atoms with van der Waals surface area (Å²) in [6.45, 7) is 13.3. The summed E-state index contributed by atoms with van der Waals surface area (Å²) in [4.78, 5) is 40.7. The van der Waals surface area contributed by atoms with Crippen LogP contribution in [0.1, 0.15) is 73.1 Å². The van der Waals surface area contributed by atoms with Crippen LogP contribution in [-0.2, 0) is 19.1 Å². The highest BCUT2D eigenvalue weighted by atomic mass is 16.5. The van der Waals surface area contributed by atoms with E-state index < -0.39 is 24.1 Å². The SMILES string of the molecule is C=COC(=O)N(C)C(C(=O)N(C)C(C(=O)OCCCCCCCC)C(C)C)C(C)C. The van der Waals surface area contributed by atoms with Gasteiger partial charge in [0.25, 0.3) is 0 Å². The summed E-state index contributed by atoms with van der Waals surface area (Å²) >= 11 is 0. The number of carbonyl (C=O) groups is 3. The van der Waals surface area contributed by atoms with Crippen molar-refractivity contribution in [1.82, 2.24) is 9.80 Å². The Bertz CT molecular complexity index is 548. The molecular formula is C23H42N2O5. The fourth-order valence-electron chi connectivity index (χ4n) is 3.53. The van der Waals surface area contributed by atoms with Gasteiger partial charge in [-0.15, -0.1) is 0 Å². The molecule has 0 fully saturated rings. The molecular weight excluding hydrogens is 384 g/mol. The van der Waals surface area contributed by atoms with Crippen LogP contribution in [0, 0.1) is 11.8 Å². The van der Waals surface area contributed by atoms with Crippen LogP contribution in [0.15, 0.2) is 12.8 Å². The molecule has 174 valence electrons. The number of esters is 1. The highest BCUT2D eigenvalue weighted by Crippen LogP contribution is 2.19. The van der Waals surface area contributed by atoms with Gasteiger partial charge in [0.05, 0.1) is 12.9 Å². The Morgan fingerprint density at radius 3 is 1.90 bits per heavy atom. The van der Waals surface area contributed by atoms with Crippen LogP contribution in [0.25, 0.3) is 0 Å². The van der Waals surface area contributed by atoms with Crippen molar-refractivity contribution < 1.29 is 23.9 Å². The maximum absolute atomic E-state index is 13.2. The smallest absolute Gasteiger partial charge is 0.415 e. The summed E-state index contributed by atoms with van der Waals surface area (Å²) in [5.41, 5.74) is 0. The number of nitrogens with zero attached hydrogens (tertiary/aromatic N) is 2. The summed E-state index contributed by atoms with van der Waals surface area (Å²) in [5.74, 6) is -1.04. The molecule has 7 nitrogen and oxygen atoms in total. The van der Waals surface area contributed by atoms with E-state index >= 15 is 0 Å². The number of hydrogen-bond acceptors (Lipinski definition) is 5. The summed E-state index contributed by atoms with van der Waals surface area (Å²) in [5, 5.41) is 0. The highest BCUT2D eigenvalue weighted by Gasteiger charge is 2.38. The van der Waals surface area contributed by atoms with Gasteiger partial charge in [-0.2, -0.15) is 0 Å². The molecule has 0 saturated heterocycles. The number of rotatable bonds is 14. The van der Waals surface area contributed by atoms with Crippen molar-refractivity contribution in [3.8, 4) is 0 Å². The minimum atomic E-state index is -0.768. The van der Waals surface area contributed by atoms with E-state index in [1.807, 2.05) is 27.7 Å². The largest absolute Gasteiger partial charge is 0.464 e. The van der Waals surface area contributed by atoms with Crippen LogP contribution in [0.5, 0.6) is 0 Å². The first-order chi connectivity index (χ1) is 14.1. The summed E-state index contributed by atoms with van der Waals surface area (Å²) in [6.07, 6.45) is 6.98. The van der Waals surface area contributed by atoms with E-state index in [9.17, 15) is 14.4 Å². The van der Waals surface area contributed by atoms with E-state index in [0.29, 0.717) is 6.61 Å². The second-order valence-electron chi connectivity index (χ2n) is 8.42. The number of hydrogen-bond donors (Lipinski definition) is 0. The molecule has 0 N–H and O–H groups in total. The third kappa shape index (κ3) is 9.18. The summed E-state index contributed by atoms with van der Waals surface area (Å²) in [6, 6.07) is -1.49. The molecule has 0 aliphatic rings. The molecule has 0 aromatic carbocycles. The molecule has 0 aromatic heterocycles. The van der Waals surface area contributed by atoms with Crippen molar-refractivity contribution in [2.24, 2.45) is 11.8 Å². The van der Waals surface area contributed by atoms with Gasteiger partial charge in [0.2, 0.25) is 5.91 Å². The lowest BCUT2D eigenvalue weighted by atomic mass is 9.98. The lowest BCUT2D eigenvalue weighted by Gasteiger charge is -2.36. The van der Waals surface area contributed by atoms with Gasteiger partial charge in [-0.05, 0) is 18.3 Å². The second-order valence-corrected chi connectivity index (χ2v) is 8.42. The van der Waals surface area contributed by atoms with Gasteiger partial charge in [0.15, 0.2) is 0 Å². The first kappa shape index (κ1) is 27.9. The average molecular weight is 427 g/mol. The van der Waals surface area contributed by atoms with E-state index in [1.165, 1.54) is 36.1 Å². The third-order valence-electron chi connectivity index (χ3n) is 5.15. The first-order valence-corrected chi connectivity index (χ1v) is 11.1. The van der Waals surface area contributed by atoms with Gasteiger partial charge >= 0.3 is 12.1 Å². The maximum Gasteiger partial charge on any atom is 0.415 e. The molecule has 0 saturated carbocycles. The van der Waals surface area contributed by atoms with Crippen molar-refractivity contribution in [2.75, 3.05) is 20.7 Å². The van der Waals surface area contributed by atoms with Crippen molar-refractivity contribution in [3.63, 3.8) is 0 Å². The van der Waals surface area contributed by atoms with Crippen molar-refractivity contribution >= 4 is 18.0 Å². The molecule has 7 heteroatoms. The number of amides is 2. The van der Waals surface area contributed by atoms with E-state index in [-0.39, 0.29) is 17.7 Å². The van der Waals surface area contributed by atoms with Crippen LogP contribution in [0.4, 0.5) is 4.79 Å². The molecule has 30 heavy (non-hydrogen) atoms. The Morgan fingerprint density at radius 2 is 1.40 bits per heavy atom. The monoisotopic (exact) mass is 426 g/mol. The zero-order valence-corrected chi connectivity index (χ0v) is 20.0. The molecule has 0 heterocycles. The summed E-state index contributed by atoms with van der Waals surface area (Å²) in [7, 11) is 3.09. The van der Waals surface area contributed by atoms with Crippen molar-refractivity contribution in [2.45, 2.75) is 85.2 Å². The van der Waals surface area contributed by atoms with E-state index in [4.69, 9.17) is 9.47 Å². The Balaban J connectivity index is 5.06. The van der Waals surface area contributed by atoms with Crippen LogP contribution in [0.3, 0.4) is 0 Å². The Hall–Kier alpha value is -2.05. The van der Waals surface area contributed by atoms with Crippen LogP contribution in [-0.4, -0.2) is 60.6 Å². The van der Waals surface area contributed by atoms with E-state index in [2.05, 4.69) is 13.5 Å². The molecule has 0 aliphatic carbocycles. The lowest BCUT2D eigenvalue weighted by molar-refractivity contribution is -0.158. The fraction of sp³-hybridized carbons (Fsp3) is 0.783. The Labute approximate surface area is 182 Å². The van der Waals surface area contributed by atoms with Gasteiger partial charge < -0.3 is 14.4 Å². The van der Waals surface area contributed by atoms with Gasteiger partial charge in [-0.25, -0.2) is 9.59 Å². The number of unbranched alkanes of at least 4 members (excludes halogenated alkanes) is 5. The van der Waals surface area contributed by atoms with Crippen molar-refractivity contribution in [3.05, 3.63) is 12.8 Å². The number of likely N-dealkylation sites (N-methyl/N-ethyl adjacent to an activating group) is 2. The molecule has 0 rings (SSSR count). The number of ether oxygens (including phenoxy) is 2. The average Bonchev–Trinajstić information content (AvgIpc) is 2.66. The van der Waals surface area contributed by atoms with E-state index in [0.717, 1.165) is 25.5 Å². The third-order valence-corrected chi connectivity index (χ3v) is 5.15. The molecule has 0 spiro atoms. The van der Waals surface area contributed by atoms with Gasteiger partial charge in [0.1, 0.15) is 12.1 Å². The molecule has 0 aromatic rings. The molecule has 2 amide bonds. The Kier molecular flexibility index (Phi) is 13.8. The Morgan fingerprint density at radius 1 is 0.867 bits per heavy atom. The minimum absolute atomic E-state index is 0.130. The predicted octanol–water partition coefficient (Wildman–Crippen LogP) is 4.61. The predicted molar refractivity (Wildman–Crippen MR) is 119 cm³/mol. The molecule has 0 radical (unpaired) electrons. The van der Waals surface area contributed by atoms with Crippen LogP contribution < -0.4 is 0 Å². The van der Waals surface area contributed by atoms with Gasteiger partial charge in [0, 0.05) is 14.1 Å². The normalized spacial score (nSPS) is 13.0. The number of carbonyl (C=O) groups excluding carboxylic acids is 3. The van der Waals surface area contributed by atoms with Gasteiger partial charge in [-0.1, -0.05) is 73.3 Å². The quantitative estimate of drug-likeness (QED) is 0.230. The summed E-state index contributed by atoms with van der Waals surface area (Å²) < 4.78 is 10.3. The standard InChI is InChI=1S/C23H42N2O5/c1-9-11-12-13-14-15-16-30-22(27)20(18(5)6)24(7)21(26)19(17(3)4)25(8)23(28)29-10-2/h10,17-20H,2,9,11-16H2,1,3-8H3.